The van der Waals surface area contributed by atoms with Crippen LogP contribution in [0.15, 0.2) is 36.2 Å². The van der Waals surface area contributed by atoms with E-state index in [1.54, 1.807) is 0 Å². The van der Waals surface area contributed by atoms with Crippen molar-refractivity contribution in [3.05, 3.63) is 36.2 Å². The van der Waals surface area contributed by atoms with Crippen LogP contribution in [0.1, 0.15) is 13.3 Å². The minimum absolute atomic E-state index is 0.302. The van der Waals surface area contributed by atoms with Crippen LogP contribution in [0, 0.1) is 5.41 Å². The lowest BCUT2D eigenvalue weighted by Gasteiger charge is -2.32. The van der Waals surface area contributed by atoms with Gasteiger partial charge in [0, 0.05) is 0 Å². The molecule has 1 aliphatic carbocycles. The summed E-state index contributed by atoms with van der Waals surface area (Å²) >= 11 is 0. The Morgan fingerprint density at radius 2 is 2.33 bits per heavy atom. The van der Waals surface area contributed by atoms with Gasteiger partial charge in [-0.3, -0.25) is 0 Å². The third-order valence-electron chi connectivity index (χ3n) is 2.55. The van der Waals surface area contributed by atoms with Gasteiger partial charge in [0.2, 0.25) is 0 Å². The molecule has 82 valence electrons. The van der Waals surface area contributed by atoms with Crippen LogP contribution in [0.4, 0.5) is 8.78 Å². The lowest BCUT2D eigenvalue weighted by atomic mass is 9.76. The average Bonchev–Trinajstić information content (AvgIpc) is 2.14. The summed E-state index contributed by atoms with van der Waals surface area (Å²) < 4.78 is 26.9. The Bertz CT molecular complexity index is 358. The van der Waals surface area contributed by atoms with Crippen molar-refractivity contribution >= 4 is 5.97 Å². The standard InChI is InChI=1S/C11H12F2O2/c1-7(10(14)15)6-11(2)8(12)4-3-5-9(11)13/h3-5,8H,1,6H2,2H3,(H,14,15)/p-1. The van der Waals surface area contributed by atoms with Crippen LogP contribution in [-0.4, -0.2) is 12.1 Å². The Morgan fingerprint density at radius 1 is 1.73 bits per heavy atom. The molecule has 0 aliphatic heterocycles. The van der Waals surface area contributed by atoms with Crippen LogP contribution >= 0.6 is 0 Å². The van der Waals surface area contributed by atoms with Crippen LogP contribution in [0.5, 0.6) is 0 Å². The fraction of sp³-hybridized carbons (Fsp3) is 0.364. The van der Waals surface area contributed by atoms with E-state index in [1.165, 1.54) is 19.1 Å². The number of carboxylic acids is 1. The molecule has 1 rings (SSSR count). The smallest absolute Gasteiger partial charge is 0.130 e. The topological polar surface area (TPSA) is 40.1 Å². The number of hydrogen-bond donors (Lipinski definition) is 0. The summed E-state index contributed by atoms with van der Waals surface area (Å²) in [6.45, 7) is 4.54. The first-order valence-electron chi connectivity index (χ1n) is 4.45. The Hall–Kier alpha value is -1.45. The molecule has 0 aromatic heterocycles. The number of rotatable bonds is 3. The second-order valence-corrected chi connectivity index (χ2v) is 3.79. The third kappa shape index (κ3) is 2.14. The summed E-state index contributed by atoms with van der Waals surface area (Å²) in [5.41, 5.74) is -1.79. The van der Waals surface area contributed by atoms with Gasteiger partial charge in [-0.05, 0) is 31.1 Å². The maximum absolute atomic E-state index is 13.5. The zero-order chi connectivity index (χ0) is 11.6. The van der Waals surface area contributed by atoms with Crippen LogP contribution in [-0.2, 0) is 4.79 Å². The van der Waals surface area contributed by atoms with Gasteiger partial charge in [0.25, 0.3) is 0 Å². The maximum atomic E-state index is 13.5. The molecule has 0 bridgehead atoms. The van der Waals surface area contributed by atoms with E-state index in [9.17, 15) is 18.7 Å². The van der Waals surface area contributed by atoms with E-state index in [4.69, 9.17) is 0 Å². The highest BCUT2D eigenvalue weighted by Gasteiger charge is 2.39. The van der Waals surface area contributed by atoms with Gasteiger partial charge in [0.05, 0.1) is 11.4 Å². The molecular weight excluding hydrogens is 202 g/mol. The second-order valence-electron chi connectivity index (χ2n) is 3.79. The van der Waals surface area contributed by atoms with Crippen LogP contribution in [0.3, 0.4) is 0 Å². The predicted octanol–water partition coefficient (Wildman–Crippen LogP) is 1.45. The molecule has 1 aliphatic rings. The highest BCUT2D eigenvalue weighted by atomic mass is 19.1. The molecule has 0 spiro atoms. The molecule has 4 heteroatoms. The van der Waals surface area contributed by atoms with Gasteiger partial charge in [-0.15, -0.1) is 0 Å². The van der Waals surface area contributed by atoms with E-state index in [-0.39, 0.29) is 12.0 Å². The molecule has 2 atom stereocenters. The van der Waals surface area contributed by atoms with Crippen molar-refractivity contribution in [2.75, 3.05) is 0 Å². The van der Waals surface area contributed by atoms with Crippen molar-refractivity contribution in [3.63, 3.8) is 0 Å². The number of alkyl halides is 1. The number of allylic oxidation sites excluding steroid dienone is 4. The Kier molecular flexibility index (Phi) is 3.07. The normalized spacial score (nSPS) is 29.8. The monoisotopic (exact) mass is 213 g/mol. The molecule has 0 aromatic rings. The quantitative estimate of drug-likeness (QED) is 0.666. The summed E-state index contributed by atoms with van der Waals surface area (Å²) in [7, 11) is 0. The molecule has 0 heterocycles. The summed E-state index contributed by atoms with van der Waals surface area (Å²) in [5, 5.41) is 10.4. The number of halogens is 2. The van der Waals surface area contributed by atoms with Gasteiger partial charge in [-0.1, -0.05) is 12.7 Å². The maximum Gasteiger partial charge on any atom is 0.130 e. The number of hydrogen-bond acceptors (Lipinski definition) is 2. The lowest BCUT2D eigenvalue weighted by Crippen LogP contribution is -2.34. The highest BCUT2D eigenvalue weighted by Crippen LogP contribution is 2.42. The first kappa shape index (κ1) is 11.6. The van der Waals surface area contributed by atoms with Gasteiger partial charge in [-0.25, -0.2) is 8.78 Å². The first-order valence-corrected chi connectivity index (χ1v) is 4.45. The fourth-order valence-corrected chi connectivity index (χ4v) is 1.47. The molecule has 2 unspecified atom stereocenters. The zero-order valence-corrected chi connectivity index (χ0v) is 8.30. The molecule has 0 N–H and O–H groups in total. The van der Waals surface area contributed by atoms with E-state index in [1.807, 2.05) is 0 Å². The van der Waals surface area contributed by atoms with Gasteiger partial charge < -0.3 is 9.90 Å². The number of aliphatic carboxylic acids is 1. The summed E-state index contributed by atoms with van der Waals surface area (Å²) in [5.74, 6) is -2.16. The van der Waals surface area contributed by atoms with Gasteiger partial charge in [0.1, 0.15) is 12.0 Å². The summed E-state index contributed by atoms with van der Waals surface area (Å²) in [6.07, 6.45) is 1.72. The SMILES string of the molecule is C=C(CC1(C)C(F)=CC=CC1F)C(=O)[O-]. The van der Waals surface area contributed by atoms with E-state index in [0.717, 1.165) is 6.08 Å². The number of carbonyl (C=O) groups is 1. The van der Waals surface area contributed by atoms with E-state index >= 15 is 0 Å². The Balaban J connectivity index is 2.91. The molecule has 0 radical (unpaired) electrons. The molecule has 0 aromatic carbocycles. The van der Waals surface area contributed by atoms with E-state index in [0.29, 0.717) is 0 Å². The van der Waals surface area contributed by atoms with Crippen molar-refractivity contribution in [2.45, 2.75) is 19.5 Å². The average molecular weight is 213 g/mol. The van der Waals surface area contributed by atoms with Crippen LogP contribution < -0.4 is 5.11 Å². The number of carbonyl (C=O) groups excluding carboxylic acids is 1. The highest BCUT2D eigenvalue weighted by molar-refractivity contribution is 5.84. The van der Waals surface area contributed by atoms with Crippen molar-refractivity contribution in [3.8, 4) is 0 Å². The molecule has 0 saturated carbocycles. The molecule has 2 nitrogen and oxygen atoms in total. The van der Waals surface area contributed by atoms with E-state index in [2.05, 4.69) is 6.58 Å². The molecule has 0 amide bonds. The van der Waals surface area contributed by atoms with Crippen molar-refractivity contribution < 1.29 is 18.7 Å². The number of carboxylic acid groups (broad SMARTS) is 1. The van der Waals surface area contributed by atoms with Gasteiger partial charge >= 0.3 is 0 Å². The Labute approximate surface area is 86.6 Å². The molecule has 0 fully saturated rings. The summed E-state index contributed by atoms with van der Waals surface area (Å²) in [6, 6.07) is 0. The van der Waals surface area contributed by atoms with Crippen LogP contribution in [0.2, 0.25) is 0 Å². The van der Waals surface area contributed by atoms with Crippen molar-refractivity contribution in [1.29, 1.82) is 0 Å². The largest absolute Gasteiger partial charge is 0.545 e. The third-order valence-corrected chi connectivity index (χ3v) is 2.55. The van der Waals surface area contributed by atoms with Gasteiger partial charge in [-0.2, -0.15) is 0 Å². The molecular formula is C11H11F2O2-. The van der Waals surface area contributed by atoms with Gasteiger partial charge in [0.15, 0.2) is 0 Å². The predicted molar refractivity (Wildman–Crippen MR) is 50.1 cm³/mol. The second kappa shape index (κ2) is 3.96. The first-order chi connectivity index (χ1) is 6.88. The minimum Gasteiger partial charge on any atom is -0.545 e. The van der Waals surface area contributed by atoms with Crippen molar-refractivity contribution in [2.24, 2.45) is 5.41 Å². The molecule has 15 heavy (non-hydrogen) atoms. The summed E-state index contributed by atoms with van der Waals surface area (Å²) in [4.78, 5) is 10.4. The Morgan fingerprint density at radius 3 is 2.80 bits per heavy atom. The van der Waals surface area contributed by atoms with E-state index < -0.39 is 23.4 Å². The molecule has 0 saturated heterocycles. The van der Waals surface area contributed by atoms with Crippen molar-refractivity contribution in [1.82, 2.24) is 0 Å². The zero-order valence-electron chi connectivity index (χ0n) is 8.30. The van der Waals surface area contributed by atoms with Crippen LogP contribution in [0.25, 0.3) is 0 Å². The fourth-order valence-electron chi connectivity index (χ4n) is 1.47. The minimum atomic E-state index is -1.56. The lowest BCUT2D eigenvalue weighted by molar-refractivity contribution is -0.299.